The monoisotopic (exact) mass is 317 g/mol. The van der Waals surface area contributed by atoms with Crippen LogP contribution in [-0.4, -0.2) is 5.75 Å². The molecule has 1 rings (SSSR count). The van der Waals surface area contributed by atoms with Gasteiger partial charge in [0.25, 0.3) is 0 Å². The molecule has 1 aromatic heterocycles. The third-order valence-corrected chi connectivity index (χ3v) is 3.20. The SMILES string of the molecule is Cc1cc[n+](CCCCCCCCS)cc1.[Br-]. The number of rotatable bonds is 8. The molecule has 1 heterocycles. The first-order chi connectivity index (χ1) is 7.83. The lowest BCUT2D eigenvalue weighted by atomic mass is 10.1. The number of aryl methyl sites for hydroxylation is 2. The van der Waals surface area contributed by atoms with Crippen LogP contribution in [0.5, 0.6) is 0 Å². The minimum Gasteiger partial charge on any atom is -1.00 e. The summed E-state index contributed by atoms with van der Waals surface area (Å²) in [6.07, 6.45) is 12.4. The fourth-order valence-electron chi connectivity index (χ4n) is 1.79. The topological polar surface area (TPSA) is 3.88 Å². The highest BCUT2D eigenvalue weighted by Gasteiger charge is 1.98. The molecule has 0 aliphatic rings. The second-order valence-corrected chi connectivity index (χ2v) is 4.91. The van der Waals surface area contributed by atoms with Crippen molar-refractivity contribution in [3.05, 3.63) is 30.1 Å². The third kappa shape index (κ3) is 8.67. The molecule has 0 unspecified atom stereocenters. The van der Waals surface area contributed by atoms with Gasteiger partial charge in [-0.15, -0.1) is 0 Å². The van der Waals surface area contributed by atoms with Crippen molar-refractivity contribution >= 4 is 12.6 Å². The quantitative estimate of drug-likeness (QED) is 0.406. The second kappa shape index (κ2) is 11.1. The number of pyridine rings is 1. The zero-order valence-electron chi connectivity index (χ0n) is 10.7. The number of unbranched alkanes of at least 4 members (excludes halogenated alkanes) is 5. The molecule has 98 valence electrons. The molecular formula is C14H24BrNS. The van der Waals surface area contributed by atoms with E-state index >= 15 is 0 Å². The normalized spacial score (nSPS) is 10.0. The van der Waals surface area contributed by atoms with Gasteiger partial charge < -0.3 is 17.0 Å². The molecule has 0 bridgehead atoms. The summed E-state index contributed by atoms with van der Waals surface area (Å²) in [7, 11) is 0. The fourth-order valence-corrected chi connectivity index (χ4v) is 2.02. The molecule has 0 radical (unpaired) electrons. The van der Waals surface area contributed by atoms with Gasteiger partial charge in [-0.05, 0) is 31.1 Å². The van der Waals surface area contributed by atoms with Gasteiger partial charge in [0.15, 0.2) is 12.4 Å². The molecule has 0 N–H and O–H groups in total. The van der Waals surface area contributed by atoms with Crippen LogP contribution in [0.25, 0.3) is 0 Å². The van der Waals surface area contributed by atoms with E-state index in [4.69, 9.17) is 0 Å². The Balaban J connectivity index is 0.00000256. The van der Waals surface area contributed by atoms with Gasteiger partial charge in [0, 0.05) is 18.6 Å². The molecule has 0 spiro atoms. The van der Waals surface area contributed by atoms with Gasteiger partial charge in [0.1, 0.15) is 6.54 Å². The largest absolute Gasteiger partial charge is 1.00 e. The van der Waals surface area contributed by atoms with E-state index in [0.29, 0.717) is 0 Å². The fraction of sp³-hybridized carbons (Fsp3) is 0.643. The van der Waals surface area contributed by atoms with Crippen molar-refractivity contribution in [3.63, 3.8) is 0 Å². The minimum atomic E-state index is 0. The van der Waals surface area contributed by atoms with Gasteiger partial charge in [-0.25, -0.2) is 4.57 Å². The molecule has 0 aliphatic carbocycles. The van der Waals surface area contributed by atoms with Gasteiger partial charge in [0.05, 0.1) is 0 Å². The number of thiol groups is 1. The van der Waals surface area contributed by atoms with E-state index in [1.807, 2.05) is 0 Å². The molecule has 0 aromatic carbocycles. The van der Waals surface area contributed by atoms with E-state index < -0.39 is 0 Å². The van der Waals surface area contributed by atoms with Crippen LogP contribution in [0, 0.1) is 6.92 Å². The first kappa shape index (κ1) is 17.0. The van der Waals surface area contributed by atoms with Gasteiger partial charge in [-0.3, -0.25) is 0 Å². The molecule has 0 saturated heterocycles. The average molecular weight is 318 g/mol. The van der Waals surface area contributed by atoms with Gasteiger partial charge in [0.2, 0.25) is 0 Å². The lowest BCUT2D eigenvalue weighted by molar-refractivity contribution is -0.697. The highest BCUT2D eigenvalue weighted by molar-refractivity contribution is 7.80. The molecule has 3 heteroatoms. The van der Waals surface area contributed by atoms with Crippen LogP contribution in [0.4, 0.5) is 0 Å². The van der Waals surface area contributed by atoms with Gasteiger partial charge >= 0.3 is 0 Å². The summed E-state index contributed by atoms with van der Waals surface area (Å²) in [5.74, 6) is 1.04. The number of aromatic nitrogens is 1. The van der Waals surface area contributed by atoms with Crippen LogP contribution in [0.3, 0.4) is 0 Å². The number of hydrogen-bond donors (Lipinski definition) is 1. The summed E-state index contributed by atoms with van der Waals surface area (Å²) in [5, 5.41) is 0. The highest BCUT2D eigenvalue weighted by Crippen LogP contribution is 2.05. The van der Waals surface area contributed by atoms with Crippen LogP contribution in [0.15, 0.2) is 24.5 Å². The van der Waals surface area contributed by atoms with E-state index in [9.17, 15) is 0 Å². The van der Waals surface area contributed by atoms with E-state index in [0.717, 1.165) is 12.3 Å². The maximum absolute atomic E-state index is 4.22. The molecular weight excluding hydrogens is 294 g/mol. The van der Waals surface area contributed by atoms with Crippen molar-refractivity contribution in [2.45, 2.75) is 52.0 Å². The van der Waals surface area contributed by atoms with Crippen LogP contribution in [0.1, 0.15) is 44.1 Å². The van der Waals surface area contributed by atoms with Gasteiger partial charge in [-0.1, -0.05) is 19.3 Å². The summed E-state index contributed by atoms with van der Waals surface area (Å²) in [6.45, 7) is 3.29. The number of hydrogen-bond acceptors (Lipinski definition) is 1. The Bertz CT molecular complexity index is 274. The van der Waals surface area contributed by atoms with Crippen LogP contribution < -0.4 is 21.5 Å². The average Bonchev–Trinajstić information content (AvgIpc) is 2.30. The molecule has 17 heavy (non-hydrogen) atoms. The zero-order chi connectivity index (χ0) is 11.6. The maximum Gasteiger partial charge on any atom is 0.169 e. The number of nitrogens with zero attached hydrogens (tertiary/aromatic N) is 1. The summed E-state index contributed by atoms with van der Waals surface area (Å²) < 4.78 is 2.28. The van der Waals surface area contributed by atoms with Crippen molar-refractivity contribution in [1.82, 2.24) is 0 Å². The first-order valence-electron chi connectivity index (χ1n) is 6.39. The summed E-state index contributed by atoms with van der Waals surface area (Å²) >= 11 is 4.22. The predicted molar refractivity (Wildman–Crippen MR) is 72.9 cm³/mol. The Morgan fingerprint density at radius 1 is 0.941 bits per heavy atom. The summed E-state index contributed by atoms with van der Waals surface area (Å²) in [4.78, 5) is 0. The molecule has 1 nitrogen and oxygen atoms in total. The van der Waals surface area contributed by atoms with Gasteiger partial charge in [-0.2, -0.15) is 12.6 Å². The zero-order valence-corrected chi connectivity index (χ0v) is 13.2. The van der Waals surface area contributed by atoms with E-state index in [2.05, 4.69) is 48.6 Å². The van der Waals surface area contributed by atoms with Crippen molar-refractivity contribution in [1.29, 1.82) is 0 Å². The molecule has 0 fully saturated rings. The van der Waals surface area contributed by atoms with Crippen molar-refractivity contribution in [2.24, 2.45) is 0 Å². The van der Waals surface area contributed by atoms with Crippen molar-refractivity contribution < 1.29 is 21.5 Å². The molecule has 0 saturated carbocycles. The van der Waals surface area contributed by atoms with Crippen LogP contribution in [0.2, 0.25) is 0 Å². The first-order valence-corrected chi connectivity index (χ1v) is 7.03. The van der Waals surface area contributed by atoms with E-state index in [1.165, 1.54) is 44.1 Å². The Morgan fingerprint density at radius 3 is 2.06 bits per heavy atom. The Kier molecular flexibility index (Phi) is 11.1. The Labute approximate surface area is 122 Å². The van der Waals surface area contributed by atoms with Crippen LogP contribution in [-0.2, 0) is 6.54 Å². The Morgan fingerprint density at radius 2 is 1.47 bits per heavy atom. The van der Waals surface area contributed by atoms with Crippen LogP contribution >= 0.6 is 12.6 Å². The lowest BCUT2D eigenvalue weighted by Gasteiger charge is -1.99. The number of halogens is 1. The third-order valence-electron chi connectivity index (χ3n) is 2.88. The molecule has 0 aliphatic heterocycles. The molecule has 0 atom stereocenters. The van der Waals surface area contributed by atoms with E-state index in [-0.39, 0.29) is 17.0 Å². The minimum absolute atomic E-state index is 0. The molecule has 1 aromatic rings. The predicted octanol–water partition coefficient (Wildman–Crippen LogP) is 0.557. The van der Waals surface area contributed by atoms with E-state index in [1.54, 1.807) is 0 Å². The highest BCUT2D eigenvalue weighted by atomic mass is 79.9. The smallest absolute Gasteiger partial charge is 0.169 e. The maximum atomic E-state index is 4.22. The summed E-state index contributed by atoms with van der Waals surface area (Å²) in [5.41, 5.74) is 1.34. The summed E-state index contributed by atoms with van der Waals surface area (Å²) in [6, 6.07) is 4.35. The standard InChI is InChI=1S/C14H23NS.BrH/c1-14-8-11-15(12-9-14)10-6-4-2-3-5-7-13-16;/h8-9,11-12H,2-7,10,13H2,1H3;1H. The Hall–Kier alpha value is -0.0200. The lowest BCUT2D eigenvalue weighted by Crippen LogP contribution is -3.00. The van der Waals surface area contributed by atoms with Crippen molar-refractivity contribution in [3.8, 4) is 0 Å². The molecule has 0 amide bonds. The van der Waals surface area contributed by atoms with Crippen molar-refractivity contribution in [2.75, 3.05) is 5.75 Å². The second-order valence-electron chi connectivity index (χ2n) is 4.46.